The summed E-state index contributed by atoms with van der Waals surface area (Å²) < 4.78 is 7.47. The Bertz CT molecular complexity index is 1280. The second-order valence-corrected chi connectivity index (χ2v) is 8.89. The Balaban J connectivity index is 1.94. The van der Waals surface area contributed by atoms with Crippen molar-refractivity contribution in [3.63, 3.8) is 0 Å². The fourth-order valence-corrected chi connectivity index (χ4v) is 4.02. The molecule has 0 aliphatic rings. The summed E-state index contributed by atoms with van der Waals surface area (Å²) in [6.07, 6.45) is 2.10. The van der Waals surface area contributed by atoms with Crippen LogP contribution in [0, 0.1) is 0 Å². The van der Waals surface area contributed by atoms with E-state index in [0.717, 1.165) is 53.1 Å². The quantitative estimate of drug-likeness (QED) is 0.269. The lowest BCUT2D eigenvalue weighted by atomic mass is 9.92. The molecule has 0 unspecified atom stereocenters. The number of likely N-dealkylation sites (N-methyl/N-ethyl adjacent to an activating group) is 1. The third kappa shape index (κ3) is 5.87. The monoisotopic (exact) mass is 467 g/mol. The molecular weight excluding hydrogens is 434 g/mol. The SMILES string of the molecule is CCCCOc1ccc(-c2c(-c3ccccc3)c(-c3ccccc3)nn(CCN(C)C)c2=O)cc1. The summed E-state index contributed by atoms with van der Waals surface area (Å²) in [6, 6.07) is 28.0. The standard InChI is InChI=1S/C30H33N3O2/c1-4-5-22-35-26-18-16-24(17-19-26)28-27(23-12-8-6-9-13-23)29(25-14-10-7-11-15-25)31-33(30(28)34)21-20-32(2)3/h6-19H,4-5,20-22H2,1-3H3. The first-order valence-corrected chi connectivity index (χ1v) is 12.2. The Hall–Kier alpha value is -3.70. The van der Waals surface area contributed by atoms with Gasteiger partial charge in [0.2, 0.25) is 0 Å². The van der Waals surface area contributed by atoms with E-state index in [2.05, 4.69) is 11.8 Å². The average molecular weight is 468 g/mol. The van der Waals surface area contributed by atoms with Gasteiger partial charge in [0.15, 0.2) is 0 Å². The van der Waals surface area contributed by atoms with Crippen LogP contribution in [0.15, 0.2) is 89.7 Å². The van der Waals surface area contributed by atoms with Gasteiger partial charge in [0.1, 0.15) is 5.75 Å². The molecule has 0 N–H and O–H groups in total. The smallest absolute Gasteiger partial charge is 0.275 e. The minimum Gasteiger partial charge on any atom is -0.494 e. The molecule has 5 heteroatoms. The van der Waals surface area contributed by atoms with E-state index in [0.29, 0.717) is 18.7 Å². The summed E-state index contributed by atoms with van der Waals surface area (Å²) >= 11 is 0. The van der Waals surface area contributed by atoms with Crippen molar-refractivity contribution < 1.29 is 4.74 Å². The van der Waals surface area contributed by atoms with Gasteiger partial charge in [-0.15, -0.1) is 0 Å². The highest BCUT2D eigenvalue weighted by atomic mass is 16.5. The lowest BCUT2D eigenvalue weighted by Gasteiger charge is -2.19. The number of nitrogens with zero attached hydrogens (tertiary/aromatic N) is 3. The molecule has 5 nitrogen and oxygen atoms in total. The minimum absolute atomic E-state index is 0.0926. The van der Waals surface area contributed by atoms with Crippen LogP contribution in [0.3, 0.4) is 0 Å². The van der Waals surface area contributed by atoms with E-state index < -0.39 is 0 Å². The highest BCUT2D eigenvalue weighted by molar-refractivity contribution is 5.92. The highest BCUT2D eigenvalue weighted by Crippen LogP contribution is 2.37. The van der Waals surface area contributed by atoms with Gasteiger partial charge in [0.05, 0.1) is 24.4 Å². The van der Waals surface area contributed by atoms with E-state index in [4.69, 9.17) is 9.84 Å². The molecule has 4 aromatic rings. The summed E-state index contributed by atoms with van der Waals surface area (Å²) in [5, 5.41) is 4.90. The molecule has 0 radical (unpaired) electrons. The maximum atomic E-state index is 13.9. The van der Waals surface area contributed by atoms with Crippen LogP contribution in [0.25, 0.3) is 33.5 Å². The first kappa shape index (κ1) is 24.4. The van der Waals surface area contributed by atoms with Crippen molar-refractivity contribution in [3.8, 4) is 39.3 Å². The predicted octanol–water partition coefficient (Wildman–Crippen LogP) is 5.98. The van der Waals surface area contributed by atoms with Crippen LogP contribution < -0.4 is 10.3 Å². The fourth-order valence-electron chi connectivity index (χ4n) is 4.02. The van der Waals surface area contributed by atoms with Gasteiger partial charge in [-0.2, -0.15) is 5.10 Å². The Labute approximate surface area is 207 Å². The average Bonchev–Trinajstić information content (AvgIpc) is 2.89. The van der Waals surface area contributed by atoms with E-state index in [-0.39, 0.29) is 5.56 Å². The highest BCUT2D eigenvalue weighted by Gasteiger charge is 2.21. The summed E-state index contributed by atoms with van der Waals surface area (Å²) in [5.41, 5.74) is 5.01. The van der Waals surface area contributed by atoms with E-state index in [1.807, 2.05) is 99.0 Å². The Morgan fingerprint density at radius 3 is 2.00 bits per heavy atom. The Morgan fingerprint density at radius 1 is 0.800 bits per heavy atom. The van der Waals surface area contributed by atoms with Crippen molar-refractivity contribution in [2.24, 2.45) is 0 Å². The van der Waals surface area contributed by atoms with E-state index in [1.165, 1.54) is 0 Å². The molecule has 0 amide bonds. The van der Waals surface area contributed by atoms with Crippen LogP contribution >= 0.6 is 0 Å². The molecule has 0 aliphatic carbocycles. The van der Waals surface area contributed by atoms with Gasteiger partial charge < -0.3 is 9.64 Å². The molecule has 4 rings (SSSR count). The second-order valence-electron chi connectivity index (χ2n) is 8.89. The molecule has 0 saturated carbocycles. The van der Waals surface area contributed by atoms with Gasteiger partial charge in [-0.05, 0) is 43.8 Å². The van der Waals surface area contributed by atoms with Crippen molar-refractivity contribution in [3.05, 3.63) is 95.3 Å². The first-order chi connectivity index (χ1) is 17.1. The number of rotatable bonds is 10. The molecule has 0 bridgehead atoms. The Kier molecular flexibility index (Phi) is 8.11. The number of benzene rings is 3. The first-order valence-electron chi connectivity index (χ1n) is 12.2. The maximum absolute atomic E-state index is 13.9. The van der Waals surface area contributed by atoms with Gasteiger partial charge in [0.25, 0.3) is 5.56 Å². The largest absolute Gasteiger partial charge is 0.494 e. The topological polar surface area (TPSA) is 47.4 Å². The maximum Gasteiger partial charge on any atom is 0.275 e. The second kappa shape index (κ2) is 11.6. The molecule has 1 aromatic heterocycles. The summed E-state index contributed by atoms with van der Waals surface area (Å²) in [4.78, 5) is 16.0. The third-order valence-corrected chi connectivity index (χ3v) is 5.93. The summed E-state index contributed by atoms with van der Waals surface area (Å²) in [6.45, 7) is 4.06. The van der Waals surface area contributed by atoms with Gasteiger partial charge in [-0.3, -0.25) is 4.79 Å². The molecule has 0 saturated heterocycles. The normalized spacial score (nSPS) is 11.1. The molecule has 0 atom stereocenters. The zero-order valence-electron chi connectivity index (χ0n) is 20.8. The van der Waals surface area contributed by atoms with Crippen LogP contribution in [-0.4, -0.2) is 41.9 Å². The molecule has 35 heavy (non-hydrogen) atoms. The van der Waals surface area contributed by atoms with E-state index in [9.17, 15) is 4.79 Å². The van der Waals surface area contributed by atoms with E-state index in [1.54, 1.807) is 4.68 Å². The molecule has 180 valence electrons. The van der Waals surface area contributed by atoms with Gasteiger partial charge in [0, 0.05) is 17.7 Å². The van der Waals surface area contributed by atoms with Crippen LogP contribution in [0.1, 0.15) is 19.8 Å². The van der Waals surface area contributed by atoms with Gasteiger partial charge in [-0.1, -0.05) is 86.1 Å². The number of unbranched alkanes of at least 4 members (excludes halogenated alkanes) is 1. The van der Waals surface area contributed by atoms with Crippen molar-refractivity contribution in [1.29, 1.82) is 0 Å². The van der Waals surface area contributed by atoms with Crippen LogP contribution in [0.4, 0.5) is 0 Å². The molecule has 0 fully saturated rings. The molecule has 3 aromatic carbocycles. The van der Waals surface area contributed by atoms with Gasteiger partial charge >= 0.3 is 0 Å². The fraction of sp³-hybridized carbons (Fsp3) is 0.267. The third-order valence-electron chi connectivity index (χ3n) is 5.93. The number of hydrogen-bond acceptors (Lipinski definition) is 4. The van der Waals surface area contributed by atoms with Crippen LogP contribution in [-0.2, 0) is 6.54 Å². The number of ether oxygens (including phenoxy) is 1. The number of hydrogen-bond donors (Lipinski definition) is 0. The minimum atomic E-state index is -0.0926. The lowest BCUT2D eigenvalue weighted by Crippen LogP contribution is -2.30. The van der Waals surface area contributed by atoms with Crippen molar-refractivity contribution in [1.82, 2.24) is 14.7 Å². The predicted molar refractivity (Wildman–Crippen MR) is 144 cm³/mol. The van der Waals surface area contributed by atoms with Crippen LogP contribution in [0.2, 0.25) is 0 Å². The molecule has 0 aliphatic heterocycles. The summed E-state index contributed by atoms with van der Waals surface area (Å²) in [7, 11) is 4.00. The zero-order valence-corrected chi connectivity index (χ0v) is 20.8. The van der Waals surface area contributed by atoms with Crippen molar-refractivity contribution in [2.45, 2.75) is 26.3 Å². The molecular formula is C30H33N3O2. The van der Waals surface area contributed by atoms with Crippen molar-refractivity contribution in [2.75, 3.05) is 27.2 Å². The lowest BCUT2D eigenvalue weighted by molar-refractivity contribution is 0.309. The van der Waals surface area contributed by atoms with Crippen molar-refractivity contribution >= 4 is 0 Å². The molecule has 1 heterocycles. The van der Waals surface area contributed by atoms with E-state index >= 15 is 0 Å². The Morgan fingerprint density at radius 2 is 1.40 bits per heavy atom. The zero-order chi connectivity index (χ0) is 24.6. The molecule has 0 spiro atoms. The summed E-state index contributed by atoms with van der Waals surface area (Å²) in [5.74, 6) is 0.814. The van der Waals surface area contributed by atoms with Crippen LogP contribution in [0.5, 0.6) is 5.75 Å². The number of aromatic nitrogens is 2. The van der Waals surface area contributed by atoms with Gasteiger partial charge in [-0.25, -0.2) is 4.68 Å².